The van der Waals surface area contributed by atoms with Crippen molar-refractivity contribution in [1.29, 1.82) is 0 Å². The maximum Gasteiger partial charge on any atom is 0.323 e. The third-order valence-corrected chi connectivity index (χ3v) is 5.17. The van der Waals surface area contributed by atoms with Crippen LogP contribution in [0.4, 0.5) is 0 Å². The number of amides is 1. The molecule has 0 aliphatic rings. The first-order valence-electron chi connectivity index (χ1n) is 9.51. The van der Waals surface area contributed by atoms with Gasteiger partial charge in [-0.1, -0.05) is 48.1 Å². The number of aromatic nitrogens is 2. The molecule has 0 saturated carbocycles. The molecule has 1 aromatic carbocycles. The second kappa shape index (κ2) is 10.9. The third-order valence-electron chi connectivity index (χ3n) is 4.26. The number of esters is 1. The van der Waals surface area contributed by atoms with Crippen molar-refractivity contribution in [2.24, 2.45) is 0 Å². The maximum atomic E-state index is 12.3. The molecule has 1 amide bonds. The van der Waals surface area contributed by atoms with Crippen molar-refractivity contribution >= 4 is 23.2 Å². The van der Waals surface area contributed by atoms with Crippen LogP contribution in [0, 0.1) is 6.92 Å². The largest absolute Gasteiger partial charge is 0.465 e. The summed E-state index contributed by atoms with van der Waals surface area (Å²) in [6.07, 6.45) is 0.895. The van der Waals surface area contributed by atoms with Gasteiger partial charge in [0.25, 0.3) is 5.91 Å². The van der Waals surface area contributed by atoms with Gasteiger partial charge in [-0.2, -0.15) is 0 Å². The molecule has 0 aliphatic carbocycles. The summed E-state index contributed by atoms with van der Waals surface area (Å²) in [7, 11) is 0. The van der Waals surface area contributed by atoms with Gasteiger partial charge in [0.1, 0.15) is 11.0 Å². The van der Waals surface area contributed by atoms with E-state index in [4.69, 9.17) is 4.74 Å². The Balaban J connectivity index is 1.95. The number of rotatable bonds is 10. The molecule has 1 atom stereocenters. The topological polar surface area (TPSA) is 84.4 Å². The molecular weight excluding hydrogens is 376 g/mol. The van der Waals surface area contributed by atoms with Gasteiger partial charge < -0.3 is 10.1 Å². The van der Waals surface area contributed by atoms with Crippen LogP contribution in [-0.4, -0.2) is 46.2 Å². The summed E-state index contributed by atoms with van der Waals surface area (Å²) in [6, 6.07) is 7.62. The molecule has 0 saturated heterocycles. The second-order valence-electron chi connectivity index (χ2n) is 6.57. The summed E-state index contributed by atoms with van der Waals surface area (Å²) in [5.41, 5.74) is 2.21. The maximum absolute atomic E-state index is 12.3. The van der Waals surface area contributed by atoms with Gasteiger partial charge >= 0.3 is 5.97 Å². The second-order valence-corrected chi connectivity index (χ2v) is 7.63. The highest BCUT2D eigenvalue weighted by atomic mass is 32.1. The molecule has 8 heteroatoms. The van der Waals surface area contributed by atoms with Crippen LogP contribution in [0.3, 0.4) is 0 Å². The first kappa shape index (κ1) is 22.0. The summed E-state index contributed by atoms with van der Waals surface area (Å²) in [4.78, 5) is 26.4. The lowest BCUT2D eigenvalue weighted by Crippen LogP contribution is -2.40. The Morgan fingerprint density at radius 3 is 2.57 bits per heavy atom. The summed E-state index contributed by atoms with van der Waals surface area (Å²) in [6.45, 7) is 9.67. The van der Waals surface area contributed by atoms with E-state index in [2.05, 4.69) is 22.4 Å². The molecule has 0 radical (unpaired) electrons. The summed E-state index contributed by atoms with van der Waals surface area (Å²) >= 11 is 1.25. The van der Waals surface area contributed by atoms with Gasteiger partial charge in [0, 0.05) is 6.54 Å². The van der Waals surface area contributed by atoms with E-state index in [0.717, 1.165) is 18.5 Å². The number of hydrogen-bond donors (Lipinski definition) is 1. The molecule has 152 valence electrons. The van der Waals surface area contributed by atoms with E-state index < -0.39 is 0 Å². The van der Waals surface area contributed by atoms with Crippen molar-refractivity contribution in [3.8, 4) is 0 Å². The van der Waals surface area contributed by atoms with Gasteiger partial charge in [-0.3, -0.25) is 14.5 Å². The Kier molecular flexibility index (Phi) is 8.53. The molecule has 28 heavy (non-hydrogen) atoms. The van der Waals surface area contributed by atoms with E-state index >= 15 is 0 Å². The fourth-order valence-corrected chi connectivity index (χ4v) is 3.44. The first-order valence-corrected chi connectivity index (χ1v) is 10.3. The van der Waals surface area contributed by atoms with Crippen molar-refractivity contribution in [3.05, 3.63) is 45.4 Å². The van der Waals surface area contributed by atoms with Crippen LogP contribution in [-0.2, 0) is 22.6 Å². The number of hydrogen-bond acceptors (Lipinski definition) is 7. The van der Waals surface area contributed by atoms with Crippen LogP contribution in [0.5, 0.6) is 0 Å². The van der Waals surface area contributed by atoms with E-state index in [-0.39, 0.29) is 17.9 Å². The zero-order chi connectivity index (χ0) is 20.5. The molecule has 0 aliphatic heterocycles. The van der Waals surface area contributed by atoms with E-state index in [1.807, 2.05) is 43.0 Å². The summed E-state index contributed by atoms with van der Waals surface area (Å²) < 4.78 is 5.12. The molecule has 1 heterocycles. The molecule has 7 nitrogen and oxygen atoms in total. The van der Waals surface area contributed by atoms with Crippen molar-refractivity contribution < 1.29 is 14.3 Å². The Labute approximate surface area is 170 Å². The molecule has 0 bridgehead atoms. The van der Waals surface area contributed by atoms with Gasteiger partial charge in [0.2, 0.25) is 5.01 Å². The number of ether oxygens (including phenoxy) is 1. The Hall–Kier alpha value is -2.32. The normalized spacial score (nSPS) is 12.0. The standard InChI is InChI=1S/C20H28N4O3S/c1-5-11-24(15(4)20(26)27-6-2)13-17-22-23-19(28-17)18(25)21-12-16-9-7-14(3)8-10-16/h7-10,15H,5-6,11-13H2,1-4H3,(H,21,25)/t15-/m0/s1. The average Bonchev–Trinajstić information content (AvgIpc) is 3.15. The monoisotopic (exact) mass is 404 g/mol. The van der Waals surface area contributed by atoms with Gasteiger partial charge in [-0.05, 0) is 39.3 Å². The minimum atomic E-state index is -0.373. The Morgan fingerprint density at radius 2 is 1.93 bits per heavy atom. The molecule has 2 rings (SSSR count). The van der Waals surface area contributed by atoms with Gasteiger partial charge in [0.15, 0.2) is 0 Å². The fourth-order valence-electron chi connectivity index (χ4n) is 2.66. The number of nitrogens with zero attached hydrogens (tertiary/aromatic N) is 3. The number of benzene rings is 1. The lowest BCUT2D eigenvalue weighted by atomic mass is 10.1. The smallest absolute Gasteiger partial charge is 0.323 e. The number of carbonyl (C=O) groups excluding carboxylic acids is 2. The SMILES string of the molecule is CCCN(Cc1nnc(C(=O)NCc2ccc(C)cc2)s1)[C@@H](C)C(=O)OCC. The molecule has 0 spiro atoms. The Morgan fingerprint density at radius 1 is 1.21 bits per heavy atom. The first-order chi connectivity index (χ1) is 13.4. The zero-order valence-electron chi connectivity index (χ0n) is 16.9. The van der Waals surface area contributed by atoms with E-state index in [0.29, 0.717) is 29.7 Å². The molecule has 0 unspecified atom stereocenters. The molecule has 2 aromatic rings. The predicted octanol–water partition coefficient (Wildman–Crippen LogP) is 2.94. The van der Waals surface area contributed by atoms with Crippen LogP contribution < -0.4 is 5.32 Å². The minimum Gasteiger partial charge on any atom is -0.465 e. The van der Waals surface area contributed by atoms with E-state index in [1.165, 1.54) is 16.9 Å². The van der Waals surface area contributed by atoms with E-state index in [9.17, 15) is 9.59 Å². The van der Waals surface area contributed by atoms with Gasteiger partial charge in [0.05, 0.1) is 13.2 Å². The van der Waals surface area contributed by atoms with Crippen LogP contribution in [0.1, 0.15) is 53.1 Å². The fraction of sp³-hybridized carbons (Fsp3) is 0.500. The lowest BCUT2D eigenvalue weighted by Gasteiger charge is -2.25. The van der Waals surface area contributed by atoms with Crippen molar-refractivity contribution in [2.75, 3.05) is 13.2 Å². The third kappa shape index (κ3) is 6.38. The van der Waals surface area contributed by atoms with Crippen LogP contribution in [0.15, 0.2) is 24.3 Å². The zero-order valence-corrected chi connectivity index (χ0v) is 17.7. The van der Waals surface area contributed by atoms with Gasteiger partial charge in [-0.25, -0.2) is 0 Å². The van der Waals surface area contributed by atoms with Crippen LogP contribution in [0.25, 0.3) is 0 Å². The molecular formula is C20H28N4O3S. The van der Waals surface area contributed by atoms with Crippen molar-refractivity contribution in [3.63, 3.8) is 0 Å². The average molecular weight is 405 g/mol. The van der Waals surface area contributed by atoms with Gasteiger partial charge in [-0.15, -0.1) is 10.2 Å². The summed E-state index contributed by atoms with van der Waals surface area (Å²) in [5, 5.41) is 12.0. The Bertz CT molecular complexity index is 776. The highest BCUT2D eigenvalue weighted by Gasteiger charge is 2.24. The number of carbonyl (C=O) groups is 2. The van der Waals surface area contributed by atoms with Crippen molar-refractivity contribution in [1.82, 2.24) is 20.4 Å². The lowest BCUT2D eigenvalue weighted by molar-refractivity contribution is -0.149. The number of aryl methyl sites for hydroxylation is 1. The van der Waals surface area contributed by atoms with Crippen LogP contribution in [0.2, 0.25) is 0 Å². The van der Waals surface area contributed by atoms with Crippen LogP contribution >= 0.6 is 11.3 Å². The molecule has 0 fully saturated rings. The predicted molar refractivity (Wildman–Crippen MR) is 109 cm³/mol. The molecule has 1 aromatic heterocycles. The molecule has 1 N–H and O–H groups in total. The highest BCUT2D eigenvalue weighted by Crippen LogP contribution is 2.15. The van der Waals surface area contributed by atoms with E-state index in [1.54, 1.807) is 6.92 Å². The quantitative estimate of drug-likeness (QED) is 0.613. The van der Waals surface area contributed by atoms with Crippen molar-refractivity contribution in [2.45, 2.75) is 53.2 Å². The minimum absolute atomic E-state index is 0.246. The summed E-state index contributed by atoms with van der Waals surface area (Å²) in [5.74, 6) is -0.499. The highest BCUT2D eigenvalue weighted by molar-refractivity contribution is 7.13. The number of nitrogens with one attached hydrogen (secondary N) is 1.